The molecule has 0 spiro atoms. The molecule has 1 atom stereocenters. The lowest BCUT2D eigenvalue weighted by atomic mass is 10.1. The van der Waals surface area contributed by atoms with Gasteiger partial charge in [0.05, 0.1) is 13.2 Å². The number of amides is 1. The number of hydrogen-bond acceptors (Lipinski definition) is 3. The van der Waals surface area contributed by atoms with Crippen molar-refractivity contribution in [3.05, 3.63) is 41.5 Å². The van der Waals surface area contributed by atoms with Crippen molar-refractivity contribution in [3.8, 4) is 0 Å². The van der Waals surface area contributed by atoms with E-state index in [1.807, 2.05) is 23.1 Å². The number of likely N-dealkylation sites (tertiary alicyclic amines) is 1. The van der Waals surface area contributed by atoms with Gasteiger partial charge in [-0.3, -0.25) is 9.69 Å². The van der Waals surface area contributed by atoms with Gasteiger partial charge in [-0.15, -0.1) is 0 Å². The second-order valence-electron chi connectivity index (χ2n) is 6.60. The number of aryl methyl sites for hydroxylation is 1. The topological polar surface area (TPSA) is 32.8 Å². The summed E-state index contributed by atoms with van der Waals surface area (Å²) in [5.74, 6) is 0.736. The van der Waals surface area contributed by atoms with Crippen LogP contribution in [0.1, 0.15) is 17.5 Å². The lowest BCUT2D eigenvalue weighted by Crippen LogP contribution is -2.40. The fraction of sp³-hybridized carbons (Fsp3) is 0.526. The minimum absolute atomic E-state index is 0.135. The average Bonchev–Trinajstić information content (AvgIpc) is 3.02. The number of morpholine rings is 1. The molecule has 0 unspecified atom stereocenters. The van der Waals surface area contributed by atoms with Crippen LogP contribution in [0.15, 0.2) is 30.3 Å². The Labute approximate surface area is 138 Å². The van der Waals surface area contributed by atoms with Crippen molar-refractivity contribution in [2.45, 2.75) is 13.3 Å². The van der Waals surface area contributed by atoms with E-state index in [2.05, 4.69) is 24.0 Å². The first-order valence-corrected chi connectivity index (χ1v) is 8.54. The molecule has 0 aliphatic carbocycles. The van der Waals surface area contributed by atoms with E-state index in [1.54, 1.807) is 6.08 Å². The highest BCUT2D eigenvalue weighted by molar-refractivity contribution is 5.92. The minimum atomic E-state index is 0.135. The number of nitrogens with zero attached hydrogens (tertiary/aromatic N) is 2. The maximum atomic E-state index is 12.3. The molecular weight excluding hydrogens is 288 g/mol. The zero-order valence-corrected chi connectivity index (χ0v) is 13.9. The summed E-state index contributed by atoms with van der Waals surface area (Å²) in [5.41, 5.74) is 2.30. The third-order valence-electron chi connectivity index (χ3n) is 4.68. The Kier molecular flexibility index (Phi) is 5.47. The second-order valence-corrected chi connectivity index (χ2v) is 6.60. The van der Waals surface area contributed by atoms with Gasteiger partial charge in [0, 0.05) is 38.8 Å². The van der Waals surface area contributed by atoms with Gasteiger partial charge in [-0.2, -0.15) is 0 Å². The zero-order chi connectivity index (χ0) is 16.1. The SMILES string of the molecule is Cc1cccc(/C=C/C(=O)N2CC[C@H](CN3CCOCC3)C2)c1. The van der Waals surface area contributed by atoms with Gasteiger partial charge in [0.2, 0.25) is 5.91 Å². The van der Waals surface area contributed by atoms with Crippen molar-refractivity contribution in [1.82, 2.24) is 9.80 Å². The molecule has 4 heteroatoms. The minimum Gasteiger partial charge on any atom is -0.379 e. The van der Waals surface area contributed by atoms with Crippen LogP contribution in [-0.4, -0.2) is 61.6 Å². The highest BCUT2D eigenvalue weighted by Gasteiger charge is 2.27. The number of carbonyl (C=O) groups is 1. The maximum absolute atomic E-state index is 12.3. The Hall–Kier alpha value is -1.65. The average molecular weight is 314 g/mol. The Morgan fingerprint density at radius 3 is 2.91 bits per heavy atom. The number of rotatable bonds is 4. The lowest BCUT2D eigenvalue weighted by Gasteiger charge is -2.28. The molecule has 0 radical (unpaired) electrons. The fourth-order valence-electron chi connectivity index (χ4n) is 3.38. The van der Waals surface area contributed by atoms with Crippen LogP contribution < -0.4 is 0 Å². The Bertz CT molecular complexity index is 564. The standard InChI is InChI=1S/C19H26N2O2/c1-16-3-2-4-17(13-16)5-6-19(22)21-8-7-18(15-21)14-20-9-11-23-12-10-20/h2-6,13,18H,7-12,14-15H2,1H3/b6-5+/t18-/m1/s1. The molecule has 124 valence electrons. The number of carbonyl (C=O) groups excluding carboxylic acids is 1. The Morgan fingerprint density at radius 1 is 1.30 bits per heavy atom. The van der Waals surface area contributed by atoms with Crippen molar-refractivity contribution in [1.29, 1.82) is 0 Å². The predicted molar refractivity (Wildman–Crippen MR) is 92.2 cm³/mol. The third-order valence-corrected chi connectivity index (χ3v) is 4.68. The molecular formula is C19H26N2O2. The molecule has 1 aromatic rings. The molecule has 2 aliphatic rings. The van der Waals surface area contributed by atoms with Crippen molar-refractivity contribution >= 4 is 12.0 Å². The van der Waals surface area contributed by atoms with Gasteiger partial charge in [0.15, 0.2) is 0 Å². The summed E-state index contributed by atoms with van der Waals surface area (Å²) in [6.07, 6.45) is 4.75. The molecule has 23 heavy (non-hydrogen) atoms. The molecule has 1 aromatic carbocycles. The van der Waals surface area contributed by atoms with E-state index in [0.29, 0.717) is 5.92 Å². The van der Waals surface area contributed by atoms with E-state index in [4.69, 9.17) is 4.74 Å². The maximum Gasteiger partial charge on any atom is 0.246 e. The van der Waals surface area contributed by atoms with Crippen LogP contribution in [-0.2, 0) is 9.53 Å². The molecule has 0 aromatic heterocycles. The zero-order valence-electron chi connectivity index (χ0n) is 13.9. The van der Waals surface area contributed by atoms with Gasteiger partial charge < -0.3 is 9.64 Å². The van der Waals surface area contributed by atoms with Crippen LogP contribution in [0.5, 0.6) is 0 Å². The van der Waals surface area contributed by atoms with E-state index < -0.39 is 0 Å². The molecule has 0 saturated carbocycles. The summed E-state index contributed by atoms with van der Waals surface area (Å²) < 4.78 is 5.39. The molecule has 3 rings (SSSR count). The van der Waals surface area contributed by atoms with Gasteiger partial charge in [-0.25, -0.2) is 0 Å². The molecule has 2 fully saturated rings. The van der Waals surface area contributed by atoms with Crippen molar-refractivity contribution in [3.63, 3.8) is 0 Å². The first-order chi connectivity index (χ1) is 11.2. The number of benzene rings is 1. The highest BCUT2D eigenvalue weighted by Crippen LogP contribution is 2.19. The third kappa shape index (κ3) is 4.66. The van der Waals surface area contributed by atoms with E-state index in [-0.39, 0.29) is 5.91 Å². The van der Waals surface area contributed by atoms with Gasteiger partial charge in [-0.05, 0) is 30.9 Å². The summed E-state index contributed by atoms with van der Waals surface area (Å²) in [6.45, 7) is 8.66. The smallest absolute Gasteiger partial charge is 0.246 e. The van der Waals surface area contributed by atoms with Crippen molar-refractivity contribution in [2.75, 3.05) is 45.9 Å². The summed E-state index contributed by atoms with van der Waals surface area (Å²) in [7, 11) is 0. The van der Waals surface area contributed by atoms with Crippen LogP contribution in [0.2, 0.25) is 0 Å². The van der Waals surface area contributed by atoms with Crippen LogP contribution in [0.3, 0.4) is 0 Å². The van der Waals surface area contributed by atoms with Crippen LogP contribution in [0.4, 0.5) is 0 Å². The monoisotopic (exact) mass is 314 g/mol. The van der Waals surface area contributed by atoms with E-state index in [1.165, 1.54) is 5.56 Å². The Morgan fingerprint density at radius 2 is 2.13 bits per heavy atom. The normalized spacial score (nSPS) is 22.8. The predicted octanol–water partition coefficient (Wildman–Crippen LogP) is 2.19. The van der Waals surface area contributed by atoms with E-state index in [0.717, 1.165) is 57.9 Å². The van der Waals surface area contributed by atoms with E-state index >= 15 is 0 Å². The lowest BCUT2D eigenvalue weighted by molar-refractivity contribution is -0.125. The molecule has 0 bridgehead atoms. The summed E-state index contributed by atoms with van der Waals surface area (Å²) in [6, 6.07) is 8.21. The highest BCUT2D eigenvalue weighted by atomic mass is 16.5. The molecule has 0 N–H and O–H groups in total. The van der Waals surface area contributed by atoms with Crippen LogP contribution >= 0.6 is 0 Å². The van der Waals surface area contributed by atoms with Crippen molar-refractivity contribution in [2.24, 2.45) is 5.92 Å². The summed E-state index contributed by atoms with van der Waals surface area (Å²) in [5, 5.41) is 0. The summed E-state index contributed by atoms with van der Waals surface area (Å²) in [4.78, 5) is 16.8. The number of ether oxygens (including phenoxy) is 1. The van der Waals surface area contributed by atoms with Gasteiger partial charge in [-0.1, -0.05) is 29.8 Å². The van der Waals surface area contributed by atoms with Crippen molar-refractivity contribution < 1.29 is 9.53 Å². The van der Waals surface area contributed by atoms with Gasteiger partial charge in [0.1, 0.15) is 0 Å². The van der Waals surface area contributed by atoms with Gasteiger partial charge in [0.25, 0.3) is 0 Å². The van der Waals surface area contributed by atoms with Crippen LogP contribution in [0.25, 0.3) is 6.08 Å². The largest absolute Gasteiger partial charge is 0.379 e. The van der Waals surface area contributed by atoms with Crippen LogP contribution in [0, 0.1) is 12.8 Å². The molecule has 2 aliphatic heterocycles. The number of hydrogen-bond donors (Lipinski definition) is 0. The molecule has 1 amide bonds. The first-order valence-electron chi connectivity index (χ1n) is 8.54. The van der Waals surface area contributed by atoms with Gasteiger partial charge >= 0.3 is 0 Å². The second kappa shape index (κ2) is 7.75. The fourth-order valence-corrected chi connectivity index (χ4v) is 3.38. The summed E-state index contributed by atoms with van der Waals surface area (Å²) >= 11 is 0. The Balaban J connectivity index is 1.49. The first kappa shape index (κ1) is 16.2. The molecule has 4 nitrogen and oxygen atoms in total. The molecule has 2 heterocycles. The molecule has 2 saturated heterocycles. The quantitative estimate of drug-likeness (QED) is 0.799. The van der Waals surface area contributed by atoms with E-state index in [9.17, 15) is 4.79 Å².